The monoisotopic (exact) mass is 562 g/mol. The van der Waals surface area contributed by atoms with Crippen LogP contribution in [0, 0.1) is 5.92 Å². The average Bonchev–Trinajstić information content (AvgIpc) is 3.40. The van der Waals surface area contributed by atoms with Gasteiger partial charge in [0.2, 0.25) is 5.89 Å². The van der Waals surface area contributed by atoms with E-state index in [1.807, 2.05) is 51.1 Å². The second-order valence-corrected chi connectivity index (χ2v) is 13.2. The molecule has 4 rings (SSSR count). The van der Waals surface area contributed by atoms with Crippen LogP contribution in [-0.2, 0) is 34.6 Å². The molecule has 2 N–H and O–H groups in total. The van der Waals surface area contributed by atoms with Gasteiger partial charge in [-0.2, -0.15) is 0 Å². The molecular weight excluding hydrogens is 514 g/mol. The number of benzene rings is 2. The minimum Gasteiger partial charge on any atom is -0.459 e. The van der Waals surface area contributed by atoms with Crippen molar-refractivity contribution in [2.75, 3.05) is 27.2 Å². The second-order valence-electron chi connectivity index (χ2n) is 13.2. The molecule has 1 aromatic heterocycles. The third kappa shape index (κ3) is 8.74. The summed E-state index contributed by atoms with van der Waals surface area (Å²) in [5.74, 6) is 1.07. The number of carbonyl (C=O) groups excluding carboxylic acids is 1. The topological polar surface area (TPSA) is 84.6 Å². The van der Waals surface area contributed by atoms with Gasteiger partial charge in [0.05, 0.1) is 33.4 Å². The Kier molecular flexibility index (Phi) is 10.1. The number of ether oxygens (including phenoxy) is 1. The SMILES string of the molecule is CC(C)(C)OC(=O)CNCc1ccc(CC[N+](C)(C)Cc2cnc([C@](O)(c3ccccc3)C3CCCCC3)o2)cc1. The van der Waals surface area contributed by atoms with Crippen LogP contribution in [0.15, 0.2) is 65.2 Å². The molecule has 0 aliphatic heterocycles. The lowest BCUT2D eigenvalue weighted by Crippen LogP contribution is -2.40. The minimum absolute atomic E-state index is 0.100. The summed E-state index contributed by atoms with van der Waals surface area (Å²) in [6.45, 7) is 8.04. The zero-order valence-electron chi connectivity index (χ0n) is 25.5. The van der Waals surface area contributed by atoms with Gasteiger partial charge in [-0.3, -0.25) is 4.79 Å². The molecular formula is C34H48N3O4+. The summed E-state index contributed by atoms with van der Waals surface area (Å²) in [7, 11) is 4.39. The highest BCUT2D eigenvalue weighted by Crippen LogP contribution is 2.43. The van der Waals surface area contributed by atoms with Gasteiger partial charge >= 0.3 is 5.97 Å². The maximum absolute atomic E-state index is 12.1. The van der Waals surface area contributed by atoms with Crippen LogP contribution in [-0.4, -0.2) is 53.3 Å². The van der Waals surface area contributed by atoms with Crippen LogP contribution in [0.2, 0.25) is 0 Å². The Balaban J connectivity index is 1.33. The number of oxazole rings is 1. The molecule has 7 heteroatoms. The molecule has 2 aromatic carbocycles. The van der Waals surface area contributed by atoms with Gasteiger partial charge in [0, 0.05) is 18.9 Å². The summed E-state index contributed by atoms with van der Waals surface area (Å²) in [5, 5.41) is 15.3. The van der Waals surface area contributed by atoms with Gasteiger partial charge in [-0.25, -0.2) is 4.98 Å². The van der Waals surface area contributed by atoms with Crippen molar-refractivity contribution >= 4 is 5.97 Å². The molecule has 1 heterocycles. The predicted octanol–water partition coefficient (Wildman–Crippen LogP) is 5.74. The van der Waals surface area contributed by atoms with Crippen LogP contribution < -0.4 is 5.32 Å². The van der Waals surface area contributed by atoms with Crippen molar-refractivity contribution in [2.45, 2.75) is 83.6 Å². The normalized spacial score (nSPS) is 16.3. The van der Waals surface area contributed by atoms with Crippen molar-refractivity contribution in [3.8, 4) is 0 Å². The Morgan fingerprint density at radius 2 is 1.68 bits per heavy atom. The van der Waals surface area contributed by atoms with Gasteiger partial charge in [0.25, 0.3) is 0 Å². The molecule has 222 valence electrons. The molecule has 1 fully saturated rings. The second kappa shape index (κ2) is 13.3. The fraction of sp³-hybridized carbons (Fsp3) is 0.529. The number of aromatic nitrogens is 1. The first kappa shape index (κ1) is 30.9. The van der Waals surface area contributed by atoms with E-state index in [1.54, 1.807) is 6.20 Å². The number of hydrogen-bond acceptors (Lipinski definition) is 6. The summed E-state index contributed by atoms with van der Waals surface area (Å²) in [6, 6.07) is 18.4. The molecule has 1 aliphatic rings. The highest BCUT2D eigenvalue weighted by atomic mass is 16.6. The molecule has 1 saturated carbocycles. The standard InChI is InChI=1S/C34H48N3O4/c1-33(2,3)41-31(38)24-35-22-27-18-16-26(17-19-27)20-21-37(4,5)25-30-23-36-32(40-30)34(39,28-12-8-6-9-13-28)29-14-10-7-11-15-29/h6,8-9,12-13,16-19,23,29,35,39H,7,10-11,14-15,20-22,24-25H2,1-5H3/q+1/t34-/m0/s1. The van der Waals surface area contributed by atoms with Crippen LogP contribution in [0.5, 0.6) is 0 Å². The molecule has 1 aliphatic carbocycles. The maximum Gasteiger partial charge on any atom is 0.320 e. The summed E-state index contributed by atoms with van der Waals surface area (Å²) >= 11 is 0. The highest BCUT2D eigenvalue weighted by Gasteiger charge is 2.44. The zero-order valence-corrected chi connectivity index (χ0v) is 25.5. The molecule has 0 radical (unpaired) electrons. The van der Waals surface area contributed by atoms with Crippen molar-refractivity contribution in [3.63, 3.8) is 0 Å². The van der Waals surface area contributed by atoms with E-state index in [9.17, 15) is 9.90 Å². The first-order chi connectivity index (χ1) is 19.4. The Labute approximate surface area is 245 Å². The van der Waals surface area contributed by atoms with E-state index in [0.29, 0.717) is 19.0 Å². The lowest BCUT2D eigenvalue weighted by Gasteiger charge is -2.36. The number of aliphatic hydroxyl groups is 1. The van der Waals surface area contributed by atoms with Crippen molar-refractivity contribution in [1.29, 1.82) is 0 Å². The van der Waals surface area contributed by atoms with E-state index >= 15 is 0 Å². The number of carbonyl (C=O) groups is 1. The molecule has 1 atom stereocenters. The van der Waals surface area contributed by atoms with E-state index in [2.05, 4.69) is 48.7 Å². The van der Waals surface area contributed by atoms with E-state index in [1.165, 1.54) is 12.0 Å². The van der Waals surface area contributed by atoms with Gasteiger partial charge in [0.1, 0.15) is 12.1 Å². The number of likely N-dealkylation sites (N-methyl/N-ethyl adjacent to an activating group) is 1. The summed E-state index contributed by atoms with van der Waals surface area (Å²) in [5.41, 5.74) is 1.58. The van der Waals surface area contributed by atoms with Crippen LogP contribution in [0.3, 0.4) is 0 Å². The van der Waals surface area contributed by atoms with Crippen LogP contribution in [0.25, 0.3) is 0 Å². The predicted molar refractivity (Wildman–Crippen MR) is 161 cm³/mol. The molecule has 3 aromatic rings. The van der Waals surface area contributed by atoms with Crippen LogP contribution >= 0.6 is 0 Å². The van der Waals surface area contributed by atoms with Crippen LogP contribution in [0.1, 0.15) is 81.2 Å². The average molecular weight is 563 g/mol. The smallest absolute Gasteiger partial charge is 0.320 e. The Bertz CT molecular complexity index is 1240. The van der Waals surface area contributed by atoms with Crippen molar-refractivity contribution in [1.82, 2.24) is 10.3 Å². The van der Waals surface area contributed by atoms with E-state index in [0.717, 1.165) is 60.0 Å². The number of quaternary nitrogens is 1. The number of nitrogens with one attached hydrogen (secondary N) is 1. The van der Waals surface area contributed by atoms with E-state index in [4.69, 9.17) is 9.15 Å². The third-order valence-electron chi connectivity index (χ3n) is 7.92. The van der Waals surface area contributed by atoms with E-state index in [-0.39, 0.29) is 18.4 Å². The molecule has 0 unspecified atom stereocenters. The highest BCUT2D eigenvalue weighted by molar-refractivity contribution is 5.72. The lowest BCUT2D eigenvalue weighted by atomic mass is 9.73. The van der Waals surface area contributed by atoms with Gasteiger partial charge in [-0.05, 0) is 50.3 Å². The lowest BCUT2D eigenvalue weighted by molar-refractivity contribution is -0.904. The number of nitrogens with zero attached hydrogens (tertiary/aromatic N) is 2. The summed E-state index contributed by atoms with van der Waals surface area (Å²) < 4.78 is 12.4. The van der Waals surface area contributed by atoms with Gasteiger partial charge in [0.15, 0.2) is 11.4 Å². The maximum atomic E-state index is 12.1. The first-order valence-electron chi connectivity index (χ1n) is 15.0. The molecule has 7 nitrogen and oxygen atoms in total. The Morgan fingerprint density at radius 1 is 1.02 bits per heavy atom. The molecule has 0 amide bonds. The largest absolute Gasteiger partial charge is 0.459 e. The number of rotatable bonds is 12. The van der Waals surface area contributed by atoms with Gasteiger partial charge in [-0.15, -0.1) is 0 Å². The fourth-order valence-corrected chi connectivity index (χ4v) is 5.75. The van der Waals surface area contributed by atoms with Crippen LogP contribution in [0.4, 0.5) is 0 Å². The van der Waals surface area contributed by atoms with Crippen molar-refractivity contribution in [2.24, 2.45) is 5.92 Å². The Hall–Kier alpha value is -3.00. The van der Waals surface area contributed by atoms with Gasteiger partial charge in [-0.1, -0.05) is 73.9 Å². The third-order valence-corrected chi connectivity index (χ3v) is 7.92. The zero-order chi connectivity index (χ0) is 29.5. The summed E-state index contributed by atoms with van der Waals surface area (Å²) in [4.78, 5) is 16.5. The van der Waals surface area contributed by atoms with Crippen molar-refractivity contribution in [3.05, 3.63) is 89.1 Å². The molecule has 41 heavy (non-hydrogen) atoms. The number of esters is 1. The molecule has 0 bridgehead atoms. The Morgan fingerprint density at radius 3 is 2.34 bits per heavy atom. The van der Waals surface area contributed by atoms with Crippen molar-refractivity contribution < 1.29 is 23.5 Å². The quantitative estimate of drug-likeness (QED) is 0.216. The fourth-order valence-electron chi connectivity index (χ4n) is 5.75. The molecule has 0 spiro atoms. The van der Waals surface area contributed by atoms with Gasteiger partial charge < -0.3 is 24.1 Å². The number of hydrogen-bond donors (Lipinski definition) is 2. The van der Waals surface area contributed by atoms with E-state index < -0.39 is 11.2 Å². The summed E-state index contributed by atoms with van der Waals surface area (Å²) in [6.07, 6.45) is 8.15. The first-order valence-corrected chi connectivity index (χ1v) is 15.0. The molecule has 0 saturated heterocycles. The minimum atomic E-state index is -1.21.